The number of benzene rings is 2. The van der Waals surface area contributed by atoms with Crippen molar-refractivity contribution in [3.8, 4) is 11.5 Å². The summed E-state index contributed by atoms with van der Waals surface area (Å²) in [6.45, 7) is 13.5. The van der Waals surface area contributed by atoms with Gasteiger partial charge in [0, 0.05) is 17.2 Å². The third-order valence-electron chi connectivity index (χ3n) is 6.27. The Morgan fingerprint density at radius 2 is 1.62 bits per heavy atom. The molecular weight excluding hydrogens is 360 g/mol. The van der Waals surface area contributed by atoms with Crippen LogP contribution >= 0.6 is 0 Å². The lowest BCUT2D eigenvalue weighted by atomic mass is 9.62. The van der Waals surface area contributed by atoms with Crippen LogP contribution in [-0.4, -0.2) is 22.1 Å². The molecule has 2 aromatic carbocycles. The van der Waals surface area contributed by atoms with Crippen LogP contribution in [0.1, 0.15) is 82.2 Å². The summed E-state index contributed by atoms with van der Waals surface area (Å²) in [5, 5.41) is 27.9. The van der Waals surface area contributed by atoms with Gasteiger partial charge in [-0.25, -0.2) is 0 Å². The molecule has 1 aliphatic rings. The summed E-state index contributed by atoms with van der Waals surface area (Å²) in [4.78, 5) is 0. The fourth-order valence-electron chi connectivity index (χ4n) is 4.16. The van der Waals surface area contributed by atoms with Crippen LogP contribution in [0.2, 0.25) is 0 Å². The molecule has 154 valence electrons. The number of aryl methyl sites for hydroxylation is 1. The molecule has 0 aliphatic heterocycles. The topological polar surface area (TPSA) is 65.2 Å². The van der Waals surface area contributed by atoms with E-state index < -0.39 is 0 Å². The lowest BCUT2D eigenvalue weighted by Crippen LogP contribution is -2.34. The molecule has 0 saturated heterocycles. The number of aromatic hydroxyl groups is 2. The van der Waals surface area contributed by atoms with Crippen LogP contribution in [-0.2, 0) is 17.3 Å². The van der Waals surface area contributed by atoms with E-state index in [1.807, 2.05) is 6.92 Å². The van der Waals surface area contributed by atoms with E-state index in [9.17, 15) is 10.2 Å². The van der Waals surface area contributed by atoms with Crippen LogP contribution in [0, 0.1) is 0 Å². The van der Waals surface area contributed by atoms with Crippen LogP contribution in [0.15, 0.2) is 40.5 Å². The SMILES string of the molecule is CCc1cc2c(cc1C(C)=N/N=C/c1ccc(O)cc1O)C(C)(C)CCC2(C)C. The molecule has 3 rings (SSSR count). The zero-order chi connectivity index (χ0) is 21.4. The van der Waals surface area contributed by atoms with E-state index in [0.717, 1.165) is 17.7 Å². The quantitative estimate of drug-likeness (QED) is 0.506. The highest BCUT2D eigenvalue weighted by Crippen LogP contribution is 2.46. The van der Waals surface area contributed by atoms with E-state index in [4.69, 9.17) is 0 Å². The Labute approximate surface area is 174 Å². The zero-order valence-electron chi connectivity index (χ0n) is 18.4. The van der Waals surface area contributed by atoms with Gasteiger partial charge in [0.05, 0.1) is 11.9 Å². The van der Waals surface area contributed by atoms with Crippen molar-refractivity contribution < 1.29 is 10.2 Å². The van der Waals surface area contributed by atoms with Crippen LogP contribution in [0.25, 0.3) is 0 Å². The maximum absolute atomic E-state index is 9.90. The standard InChI is InChI=1S/C25H32N2O2/c1-7-17-12-21-22(25(5,6)11-10-24(21,3)4)14-20(17)16(2)27-26-15-18-8-9-19(28)13-23(18)29/h8-9,12-15,28-29H,7,10-11H2,1-6H3/b26-15+,27-16?. The maximum atomic E-state index is 9.90. The van der Waals surface area contributed by atoms with Gasteiger partial charge < -0.3 is 10.2 Å². The van der Waals surface area contributed by atoms with Crippen molar-refractivity contribution in [3.63, 3.8) is 0 Å². The highest BCUT2D eigenvalue weighted by molar-refractivity contribution is 6.00. The van der Waals surface area contributed by atoms with Crippen molar-refractivity contribution in [3.05, 3.63) is 58.1 Å². The number of hydrogen-bond donors (Lipinski definition) is 2. The predicted octanol–water partition coefficient (Wildman–Crippen LogP) is 5.85. The van der Waals surface area contributed by atoms with Gasteiger partial charge in [-0.3, -0.25) is 0 Å². The molecule has 4 heteroatoms. The Bertz CT molecular complexity index is 985. The number of rotatable bonds is 4. The van der Waals surface area contributed by atoms with Crippen molar-refractivity contribution in [2.24, 2.45) is 10.2 Å². The third-order valence-corrected chi connectivity index (χ3v) is 6.27. The summed E-state index contributed by atoms with van der Waals surface area (Å²) in [5.74, 6) is 0.000120. The molecule has 0 bridgehead atoms. The molecule has 29 heavy (non-hydrogen) atoms. The minimum atomic E-state index is -0.0198. The monoisotopic (exact) mass is 392 g/mol. The van der Waals surface area contributed by atoms with Crippen molar-refractivity contribution in [1.82, 2.24) is 0 Å². The van der Waals surface area contributed by atoms with Gasteiger partial charge in [-0.05, 0) is 71.9 Å². The normalized spacial score (nSPS) is 18.1. The van der Waals surface area contributed by atoms with Crippen LogP contribution < -0.4 is 0 Å². The molecule has 0 fully saturated rings. The molecule has 0 atom stereocenters. The summed E-state index contributed by atoms with van der Waals surface area (Å²) in [6.07, 6.45) is 4.82. The fraction of sp³-hybridized carbons (Fsp3) is 0.440. The molecule has 4 nitrogen and oxygen atoms in total. The van der Waals surface area contributed by atoms with Gasteiger partial charge in [0.15, 0.2) is 0 Å². The molecule has 2 aromatic rings. The molecule has 0 unspecified atom stereocenters. The largest absolute Gasteiger partial charge is 0.508 e. The molecular formula is C25H32N2O2. The summed E-state index contributed by atoms with van der Waals surface area (Å²) in [6, 6.07) is 9.11. The molecule has 1 aliphatic carbocycles. The first kappa shape index (κ1) is 21.1. The lowest BCUT2D eigenvalue weighted by molar-refractivity contribution is 0.331. The minimum absolute atomic E-state index is 0.0198. The maximum Gasteiger partial charge on any atom is 0.128 e. The van der Waals surface area contributed by atoms with E-state index in [1.165, 1.54) is 47.9 Å². The van der Waals surface area contributed by atoms with E-state index in [1.54, 1.807) is 6.07 Å². The van der Waals surface area contributed by atoms with Gasteiger partial charge in [0.25, 0.3) is 0 Å². The second-order valence-electron chi connectivity index (χ2n) is 9.35. The van der Waals surface area contributed by atoms with Gasteiger partial charge >= 0.3 is 0 Å². The second kappa shape index (κ2) is 7.66. The molecule has 0 aromatic heterocycles. The van der Waals surface area contributed by atoms with Crippen LogP contribution in [0.5, 0.6) is 11.5 Å². The number of phenols is 2. The molecule has 0 saturated carbocycles. The Hall–Kier alpha value is -2.62. The summed E-state index contributed by atoms with van der Waals surface area (Å²) in [5.41, 5.74) is 7.01. The molecule has 0 spiro atoms. The average molecular weight is 393 g/mol. The second-order valence-corrected chi connectivity index (χ2v) is 9.35. The van der Waals surface area contributed by atoms with E-state index in [2.05, 4.69) is 57.0 Å². The van der Waals surface area contributed by atoms with Crippen molar-refractivity contribution in [2.45, 2.75) is 71.6 Å². The van der Waals surface area contributed by atoms with Gasteiger partial charge in [0.1, 0.15) is 11.5 Å². The molecule has 0 heterocycles. The summed E-state index contributed by atoms with van der Waals surface area (Å²) >= 11 is 0. The van der Waals surface area contributed by atoms with Crippen LogP contribution in [0.4, 0.5) is 0 Å². The van der Waals surface area contributed by atoms with Gasteiger partial charge in [0.2, 0.25) is 0 Å². The Balaban J connectivity index is 2.01. The number of phenolic OH excluding ortho intramolecular Hbond substituents is 2. The summed E-state index contributed by atoms with van der Waals surface area (Å²) < 4.78 is 0. The van der Waals surface area contributed by atoms with Gasteiger partial charge in [-0.1, -0.05) is 40.7 Å². The average Bonchev–Trinajstić information content (AvgIpc) is 2.66. The lowest BCUT2D eigenvalue weighted by Gasteiger charge is -2.42. The molecule has 0 amide bonds. The van der Waals surface area contributed by atoms with Gasteiger partial charge in [-0.15, -0.1) is 0 Å². The first-order valence-corrected chi connectivity index (χ1v) is 10.3. The molecule has 0 radical (unpaired) electrons. The Morgan fingerprint density at radius 3 is 2.21 bits per heavy atom. The highest BCUT2D eigenvalue weighted by atomic mass is 16.3. The number of hydrogen-bond acceptors (Lipinski definition) is 4. The van der Waals surface area contributed by atoms with Gasteiger partial charge in [-0.2, -0.15) is 10.2 Å². The minimum Gasteiger partial charge on any atom is -0.508 e. The predicted molar refractivity (Wildman–Crippen MR) is 121 cm³/mol. The summed E-state index contributed by atoms with van der Waals surface area (Å²) in [7, 11) is 0. The Kier molecular flexibility index (Phi) is 5.57. The number of nitrogens with zero attached hydrogens (tertiary/aromatic N) is 2. The smallest absolute Gasteiger partial charge is 0.128 e. The number of fused-ring (bicyclic) bond motifs is 1. The fourth-order valence-corrected chi connectivity index (χ4v) is 4.16. The van der Waals surface area contributed by atoms with E-state index in [-0.39, 0.29) is 22.3 Å². The van der Waals surface area contributed by atoms with E-state index >= 15 is 0 Å². The van der Waals surface area contributed by atoms with E-state index in [0.29, 0.717) is 5.56 Å². The molecule has 2 N–H and O–H groups in total. The van der Waals surface area contributed by atoms with Crippen molar-refractivity contribution >= 4 is 11.9 Å². The zero-order valence-corrected chi connectivity index (χ0v) is 18.4. The van der Waals surface area contributed by atoms with Crippen molar-refractivity contribution in [2.75, 3.05) is 0 Å². The third kappa shape index (κ3) is 4.21. The van der Waals surface area contributed by atoms with Crippen molar-refractivity contribution in [1.29, 1.82) is 0 Å². The van der Waals surface area contributed by atoms with Crippen LogP contribution in [0.3, 0.4) is 0 Å². The first-order valence-electron chi connectivity index (χ1n) is 10.3. The first-order chi connectivity index (χ1) is 13.5. The Morgan fingerprint density at radius 1 is 1.00 bits per heavy atom. The highest BCUT2D eigenvalue weighted by Gasteiger charge is 2.37.